The molecule has 3 nitrogen and oxygen atoms in total. The number of aromatic amines is 2. The number of nitrogens with one attached hydrogen (secondary N) is 2. The number of H-pyrrole nitrogens is 2. The fourth-order valence-corrected chi connectivity index (χ4v) is 2.31. The summed E-state index contributed by atoms with van der Waals surface area (Å²) in [6, 6.07) is 4.05. The smallest absolute Gasteiger partial charge is 0.114 e. The zero-order chi connectivity index (χ0) is 10.8. The first-order chi connectivity index (χ1) is 7.93. The Morgan fingerprint density at radius 3 is 2.50 bits per heavy atom. The van der Waals surface area contributed by atoms with Gasteiger partial charge < -0.3 is 14.4 Å². The van der Waals surface area contributed by atoms with Gasteiger partial charge in [0.15, 0.2) is 0 Å². The first kappa shape index (κ1) is 9.30. The predicted molar refractivity (Wildman–Crippen MR) is 66.7 cm³/mol. The van der Waals surface area contributed by atoms with Crippen LogP contribution in [0.2, 0.25) is 0 Å². The summed E-state index contributed by atoms with van der Waals surface area (Å²) >= 11 is 1.73. The van der Waals surface area contributed by atoms with Crippen LogP contribution in [0.1, 0.15) is 0 Å². The van der Waals surface area contributed by atoms with Crippen LogP contribution in [0, 0.1) is 0 Å². The van der Waals surface area contributed by atoms with E-state index >= 15 is 0 Å². The van der Waals surface area contributed by atoms with Crippen LogP contribution >= 0.6 is 11.3 Å². The summed E-state index contributed by atoms with van der Waals surface area (Å²) in [5.41, 5.74) is 2.31. The molecule has 0 spiro atoms. The van der Waals surface area contributed by atoms with Gasteiger partial charge in [-0.2, -0.15) is 0 Å². The van der Waals surface area contributed by atoms with E-state index in [0.717, 1.165) is 10.9 Å². The van der Waals surface area contributed by atoms with Crippen LogP contribution in [0.25, 0.3) is 21.8 Å². The second-order valence-electron chi connectivity index (χ2n) is 3.44. The molecule has 0 aromatic carbocycles. The van der Waals surface area contributed by atoms with Crippen LogP contribution in [-0.4, -0.2) is 9.97 Å². The van der Waals surface area contributed by atoms with Crippen molar-refractivity contribution in [1.82, 2.24) is 9.97 Å². The van der Waals surface area contributed by atoms with Gasteiger partial charge >= 0.3 is 0 Å². The highest BCUT2D eigenvalue weighted by Crippen LogP contribution is 2.15. The van der Waals surface area contributed by atoms with Crippen LogP contribution < -0.4 is 0 Å². The molecule has 4 aromatic rings. The standard InChI is InChI=1S/C6H5NO.C6H5NS/c2*1-2-7-6-4-8-3-5(1)6/h2*1-4,7H. The van der Waals surface area contributed by atoms with Crippen molar-refractivity contribution in [2.45, 2.75) is 0 Å². The second kappa shape index (κ2) is 3.90. The van der Waals surface area contributed by atoms with Gasteiger partial charge in [-0.05, 0) is 12.1 Å². The summed E-state index contributed by atoms with van der Waals surface area (Å²) in [5, 5.41) is 6.68. The lowest BCUT2D eigenvalue weighted by Gasteiger charge is -1.66. The zero-order valence-corrected chi connectivity index (χ0v) is 9.25. The number of fused-ring (bicyclic) bond motifs is 2. The van der Waals surface area contributed by atoms with Crippen molar-refractivity contribution >= 4 is 33.1 Å². The normalized spacial score (nSPS) is 10.5. The number of rotatable bonds is 0. The minimum absolute atomic E-state index is 1.06. The highest BCUT2D eigenvalue weighted by Gasteiger charge is 1.91. The molecule has 0 unspecified atom stereocenters. The van der Waals surface area contributed by atoms with E-state index in [-0.39, 0.29) is 0 Å². The van der Waals surface area contributed by atoms with Crippen molar-refractivity contribution < 1.29 is 4.42 Å². The Hall–Kier alpha value is -1.94. The van der Waals surface area contributed by atoms with Crippen molar-refractivity contribution in [2.24, 2.45) is 0 Å². The molecule has 4 heteroatoms. The topological polar surface area (TPSA) is 44.7 Å². The molecule has 0 radical (unpaired) electrons. The molecule has 0 bridgehead atoms. The summed E-state index contributed by atoms with van der Waals surface area (Å²) in [7, 11) is 0. The molecule has 2 N–H and O–H groups in total. The molecule has 16 heavy (non-hydrogen) atoms. The first-order valence-corrected chi connectivity index (χ1v) is 5.86. The van der Waals surface area contributed by atoms with Gasteiger partial charge in [0, 0.05) is 33.9 Å². The van der Waals surface area contributed by atoms with Crippen molar-refractivity contribution in [3.63, 3.8) is 0 Å². The minimum atomic E-state index is 1.06. The Morgan fingerprint density at radius 1 is 0.875 bits per heavy atom. The molecule has 0 aliphatic heterocycles. The Balaban J connectivity index is 0.000000101. The average Bonchev–Trinajstić information content (AvgIpc) is 2.99. The van der Waals surface area contributed by atoms with Gasteiger partial charge in [-0.1, -0.05) is 0 Å². The van der Waals surface area contributed by atoms with E-state index in [0.29, 0.717) is 0 Å². The average molecular weight is 230 g/mol. The summed E-state index contributed by atoms with van der Waals surface area (Å²) < 4.78 is 4.87. The number of hydrogen-bond donors (Lipinski definition) is 2. The zero-order valence-electron chi connectivity index (χ0n) is 8.44. The van der Waals surface area contributed by atoms with Gasteiger partial charge in [-0.3, -0.25) is 0 Å². The molecule has 0 aliphatic carbocycles. The molecule has 0 saturated heterocycles. The largest absolute Gasteiger partial charge is 0.470 e. The molecule has 0 atom stereocenters. The van der Waals surface area contributed by atoms with Gasteiger partial charge in [0.2, 0.25) is 0 Å². The second-order valence-corrected chi connectivity index (χ2v) is 4.18. The number of hydrogen-bond acceptors (Lipinski definition) is 2. The maximum Gasteiger partial charge on any atom is 0.114 e. The summed E-state index contributed by atoms with van der Waals surface area (Å²) in [6.45, 7) is 0. The SMILES string of the molecule is c1cc2cocc2[nH]1.c1cc2cscc2[nH]1. The molecule has 0 saturated carbocycles. The molecule has 0 fully saturated rings. The number of thiophene rings is 1. The monoisotopic (exact) mass is 230 g/mol. The highest BCUT2D eigenvalue weighted by molar-refractivity contribution is 7.09. The van der Waals surface area contributed by atoms with Gasteiger partial charge in [-0.25, -0.2) is 0 Å². The molecule has 80 valence electrons. The molecule has 4 heterocycles. The van der Waals surface area contributed by atoms with Crippen LogP contribution in [-0.2, 0) is 0 Å². The Labute approximate surface area is 95.7 Å². The number of aromatic nitrogens is 2. The van der Waals surface area contributed by atoms with Gasteiger partial charge in [0.25, 0.3) is 0 Å². The minimum Gasteiger partial charge on any atom is -0.470 e. The fourth-order valence-electron chi connectivity index (χ4n) is 1.55. The van der Waals surface area contributed by atoms with Crippen LogP contribution in [0.3, 0.4) is 0 Å². The molecule has 0 aliphatic rings. The predicted octanol–water partition coefficient (Wildman–Crippen LogP) is 3.99. The Morgan fingerprint density at radius 2 is 1.69 bits per heavy atom. The Kier molecular flexibility index (Phi) is 2.27. The first-order valence-electron chi connectivity index (χ1n) is 4.92. The third-order valence-corrected chi connectivity index (χ3v) is 3.15. The highest BCUT2D eigenvalue weighted by atomic mass is 32.1. The quantitative estimate of drug-likeness (QED) is 0.471. The van der Waals surface area contributed by atoms with Crippen LogP contribution in [0.4, 0.5) is 0 Å². The van der Waals surface area contributed by atoms with Crippen LogP contribution in [0.15, 0.2) is 52.2 Å². The molecular weight excluding hydrogens is 220 g/mol. The third kappa shape index (κ3) is 1.63. The van der Waals surface area contributed by atoms with E-state index in [4.69, 9.17) is 4.42 Å². The van der Waals surface area contributed by atoms with E-state index in [1.807, 2.05) is 18.5 Å². The maximum absolute atomic E-state index is 4.87. The lowest BCUT2D eigenvalue weighted by molar-refractivity contribution is 0.571. The Bertz CT molecular complexity index is 522. The summed E-state index contributed by atoms with van der Waals surface area (Å²) in [4.78, 5) is 6.12. The van der Waals surface area contributed by atoms with Crippen molar-refractivity contribution in [2.75, 3.05) is 0 Å². The lowest BCUT2D eigenvalue weighted by Crippen LogP contribution is -1.49. The summed E-state index contributed by atoms with van der Waals surface area (Å²) in [6.07, 6.45) is 7.25. The van der Waals surface area contributed by atoms with E-state index < -0.39 is 0 Å². The van der Waals surface area contributed by atoms with Crippen molar-refractivity contribution in [1.29, 1.82) is 0 Å². The molecule has 4 aromatic heterocycles. The van der Waals surface area contributed by atoms with E-state index in [9.17, 15) is 0 Å². The summed E-state index contributed by atoms with van der Waals surface area (Å²) in [5.74, 6) is 0. The van der Waals surface area contributed by atoms with Crippen molar-refractivity contribution in [3.05, 3.63) is 47.8 Å². The number of furan rings is 1. The van der Waals surface area contributed by atoms with E-state index in [1.54, 1.807) is 23.9 Å². The third-order valence-electron chi connectivity index (χ3n) is 2.39. The van der Waals surface area contributed by atoms with Crippen LogP contribution in [0.5, 0.6) is 0 Å². The van der Waals surface area contributed by atoms with Gasteiger partial charge in [-0.15, -0.1) is 11.3 Å². The van der Waals surface area contributed by atoms with E-state index in [1.165, 1.54) is 10.9 Å². The maximum atomic E-state index is 4.87. The fraction of sp³-hybridized carbons (Fsp3) is 0. The van der Waals surface area contributed by atoms with E-state index in [2.05, 4.69) is 26.8 Å². The molecule has 4 rings (SSSR count). The van der Waals surface area contributed by atoms with Crippen molar-refractivity contribution in [3.8, 4) is 0 Å². The molecule has 0 amide bonds. The van der Waals surface area contributed by atoms with Gasteiger partial charge in [0.1, 0.15) is 6.26 Å². The van der Waals surface area contributed by atoms with Gasteiger partial charge in [0.05, 0.1) is 17.3 Å². The molecular formula is C12H10N2OS. The lowest BCUT2D eigenvalue weighted by atomic mass is 10.4.